The molecule has 0 spiro atoms. The molecule has 0 unspecified atom stereocenters. The number of methoxy groups -OCH3 is 1. The van der Waals surface area contributed by atoms with Crippen LogP contribution >= 0.6 is 0 Å². The van der Waals surface area contributed by atoms with Gasteiger partial charge < -0.3 is 14.6 Å². The highest BCUT2D eigenvalue weighted by molar-refractivity contribution is 5.99. The van der Waals surface area contributed by atoms with Gasteiger partial charge in [-0.15, -0.1) is 0 Å². The number of hydrogen-bond donors (Lipinski definition) is 1. The summed E-state index contributed by atoms with van der Waals surface area (Å²) in [5.41, 5.74) is 1.61. The van der Waals surface area contributed by atoms with E-state index in [2.05, 4.69) is 9.97 Å². The molecule has 2 heterocycles. The van der Waals surface area contributed by atoms with Gasteiger partial charge in [0, 0.05) is 30.1 Å². The molecule has 3 aromatic rings. The number of ether oxygens (including phenoxy) is 2. The van der Waals surface area contributed by atoms with Crippen molar-refractivity contribution in [1.29, 1.82) is 0 Å². The largest absolute Gasteiger partial charge is 0.503 e. The number of Topliss-reactive ketones (excluding diaryl/α,β-unsaturated/α-hetero) is 1. The van der Waals surface area contributed by atoms with Gasteiger partial charge in [0.05, 0.1) is 19.2 Å². The first-order chi connectivity index (χ1) is 12.1. The van der Waals surface area contributed by atoms with E-state index in [9.17, 15) is 9.90 Å². The van der Waals surface area contributed by atoms with Gasteiger partial charge in [-0.1, -0.05) is 6.07 Å². The molecule has 0 amide bonds. The molecule has 0 radical (unpaired) electrons. The molecule has 0 saturated heterocycles. The Balaban J connectivity index is 1.85. The number of fused-ring (bicyclic) bond motifs is 1. The van der Waals surface area contributed by atoms with Gasteiger partial charge in [-0.05, 0) is 30.7 Å². The fraction of sp³-hybridized carbons (Fsp3) is 0.211. The van der Waals surface area contributed by atoms with Crippen molar-refractivity contribution in [1.82, 2.24) is 9.97 Å². The molecule has 0 fully saturated rings. The third kappa shape index (κ3) is 3.52. The summed E-state index contributed by atoms with van der Waals surface area (Å²) in [6, 6.07) is 10.8. The Kier molecular flexibility index (Phi) is 4.79. The summed E-state index contributed by atoms with van der Waals surface area (Å²) in [4.78, 5) is 20.8. The minimum absolute atomic E-state index is 0.00395. The average molecular weight is 338 g/mol. The Hall–Kier alpha value is -3.15. The molecule has 0 aliphatic carbocycles. The molecular formula is C19H18N2O4. The van der Waals surface area contributed by atoms with Crippen molar-refractivity contribution < 1.29 is 19.4 Å². The minimum atomic E-state index is -0.283. The Bertz CT molecular complexity index is 924. The summed E-state index contributed by atoms with van der Waals surface area (Å²) in [6.07, 6.45) is 1.56. The molecule has 6 heteroatoms. The van der Waals surface area contributed by atoms with Gasteiger partial charge >= 0.3 is 0 Å². The van der Waals surface area contributed by atoms with Crippen LogP contribution in [0.3, 0.4) is 0 Å². The predicted octanol–water partition coefficient (Wildman–Crippen LogP) is 3.17. The number of pyridine rings is 2. The molecule has 2 aromatic heterocycles. The first kappa shape index (κ1) is 16.7. The lowest BCUT2D eigenvalue weighted by Crippen LogP contribution is -2.07. The van der Waals surface area contributed by atoms with E-state index in [1.54, 1.807) is 6.07 Å². The van der Waals surface area contributed by atoms with Crippen molar-refractivity contribution in [3.8, 4) is 17.4 Å². The zero-order valence-corrected chi connectivity index (χ0v) is 14.0. The molecule has 25 heavy (non-hydrogen) atoms. The van der Waals surface area contributed by atoms with E-state index in [1.165, 1.54) is 19.4 Å². The van der Waals surface area contributed by atoms with Gasteiger partial charge in [-0.3, -0.25) is 4.79 Å². The summed E-state index contributed by atoms with van der Waals surface area (Å²) >= 11 is 0. The topological polar surface area (TPSA) is 81.5 Å². The van der Waals surface area contributed by atoms with Crippen LogP contribution in [0.4, 0.5) is 0 Å². The van der Waals surface area contributed by atoms with Crippen LogP contribution in [0, 0.1) is 0 Å². The Labute approximate surface area is 145 Å². The molecule has 3 rings (SSSR count). The van der Waals surface area contributed by atoms with Crippen LogP contribution < -0.4 is 9.47 Å². The molecule has 0 bridgehead atoms. The zero-order valence-electron chi connectivity index (χ0n) is 14.0. The second-order valence-electron chi connectivity index (χ2n) is 5.42. The zero-order chi connectivity index (χ0) is 17.8. The van der Waals surface area contributed by atoms with Gasteiger partial charge in [0.15, 0.2) is 23.0 Å². The highest BCUT2D eigenvalue weighted by Crippen LogP contribution is 2.28. The van der Waals surface area contributed by atoms with Crippen molar-refractivity contribution in [2.45, 2.75) is 13.3 Å². The maximum absolute atomic E-state index is 12.5. The second-order valence-corrected chi connectivity index (χ2v) is 5.42. The van der Waals surface area contributed by atoms with E-state index in [4.69, 9.17) is 9.47 Å². The van der Waals surface area contributed by atoms with E-state index >= 15 is 0 Å². The Morgan fingerprint density at radius 2 is 2.04 bits per heavy atom. The SMILES string of the molecule is CCOc1ccc2cc(CC(=O)c3nccc(OC)c3O)ccc2n1. The Morgan fingerprint density at radius 1 is 1.20 bits per heavy atom. The summed E-state index contributed by atoms with van der Waals surface area (Å²) in [5, 5.41) is 11.0. The lowest BCUT2D eigenvalue weighted by Gasteiger charge is -2.08. The summed E-state index contributed by atoms with van der Waals surface area (Å²) in [7, 11) is 1.43. The minimum Gasteiger partial charge on any atom is -0.503 e. The van der Waals surface area contributed by atoms with Crippen LogP contribution in [0.1, 0.15) is 23.0 Å². The molecule has 6 nitrogen and oxygen atoms in total. The maximum atomic E-state index is 12.5. The summed E-state index contributed by atoms with van der Waals surface area (Å²) in [6.45, 7) is 2.46. The van der Waals surface area contributed by atoms with Crippen molar-refractivity contribution in [2.75, 3.05) is 13.7 Å². The van der Waals surface area contributed by atoms with Gasteiger partial charge in [0.2, 0.25) is 5.88 Å². The van der Waals surface area contributed by atoms with E-state index in [0.29, 0.717) is 12.5 Å². The first-order valence-corrected chi connectivity index (χ1v) is 7.90. The number of carbonyl (C=O) groups is 1. The van der Waals surface area contributed by atoms with Crippen LogP contribution in [0.5, 0.6) is 17.4 Å². The summed E-state index contributed by atoms with van der Waals surface area (Å²) in [5.74, 6) is 0.280. The number of ketones is 1. The van der Waals surface area contributed by atoms with Gasteiger partial charge in [0.25, 0.3) is 0 Å². The molecule has 128 valence electrons. The molecule has 0 aliphatic rings. The fourth-order valence-corrected chi connectivity index (χ4v) is 2.57. The maximum Gasteiger partial charge on any atom is 0.213 e. The average Bonchev–Trinajstić information content (AvgIpc) is 2.62. The smallest absolute Gasteiger partial charge is 0.213 e. The number of carbonyl (C=O) groups excluding carboxylic acids is 1. The number of aromatic nitrogens is 2. The molecule has 1 N–H and O–H groups in total. The molecule has 0 saturated carbocycles. The van der Waals surface area contributed by atoms with Crippen LogP contribution in [0.2, 0.25) is 0 Å². The first-order valence-electron chi connectivity index (χ1n) is 7.90. The standard InChI is InChI=1S/C19H18N2O4/c1-3-25-17-7-5-13-10-12(4-6-14(13)21-17)11-15(22)18-19(23)16(24-2)8-9-20-18/h4-10,23H,3,11H2,1-2H3. The lowest BCUT2D eigenvalue weighted by atomic mass is 10.0. The third-order valence-electron chi connectivity index (χ3n) is 3.76. The monoisotopic (exact) mass is 338 g/mol. The third-order valence-corrected chi connectivity index (χ3v) is 3.76. The van der Waals surface area contributed by atoms with Crippen LogP contribution in [-0.4, -0.2) is 34.6 Å². The van der Waals surface area contributed by atoms with Crippen molar-refractivity contribution >= 4 is 16.7 Å². The number of benzene rings is 1. The Morgan fingerprint density at radius 3 is 2.80 bits per heavy atom. The molecule has 0 aliphatic heterocycles. The normalized spacial score (nSPS) is 10.6. The highest BCUT2D eigenvalue weighted by Gasteiger charge is 2.17. The molecular weight excluding hydrogens is 320 g/mol. The van der Waals surface area contributed by atoms with Gasteiger partial charge in [0.1, 0.15) is 0 Å². The molecule has 1 aromatic carbocycles. The number of nitrogens with zero attached hydrogens (tertiary/aromatic N) is 2. The summed E-state index contributed by atoms with van der Waals surface area (Å²) < 4.78 is 10.4. The van der Waals surface area contributed by atoms with Crippen LogP contribution in [0.25, 0.3) is 10.9 Å². The van der Waals surface area contributed by atoms with Gasteiger partial charge in [-0.25, -0.2) is 9.97 Å². The van der Waals surface area contributed by atoms with Crippen molar-refractivity contribution in [2.24, 2.45) is 0 Å². The number of hydrogen-bond acceptors (Lipinski definition) is 6. The number of rotatable bonds is 6. The van der Waals surface area contributed by atoms with Crippen LogP contribution in [-0.2, 0) is 6.42 Å². The van der Waals surface area contributed by atoms with E-state index < -0.39 is 0 Å². The van der Waals surface area contributed by atoms with Crippen molar-refractivity contribution in [3.63, 3.8) is 0 Å². The number of aromatic hydroxyl groups is 1. The quantitative estimate of drug-likeness (QED) is 0.695. The van der Waals surface area contributed by atoms with Crippen LogP contribution in [0.15, 0.2) is 42.6 Å². The molecule has 0 atom stereocenters. The van der Waals surface area contributed by atoms with E-state index in [-0.39, 0.29) is 29.4 Å². The highest BCUT2D eigenvalue weighted by atomic mass is 16.5. The van der Waals surface area contributed by atoms with Gasteiger partial charge in [-0.2, -0.15) is 0 Å². The van der Waals surface area contributed by atoms with Crippen molar-refractivity contribution in [3.05, 3.63) is 53.9 Å². The fourth-order valence-electron chi connectivity index (χ4n) is 2.57. The van der Waals surface area contributed by atoms with E-state index in [0.717, 1.165) is 16.5 Å². The van der Waals surface area contributed by atoms with E-state index in [1.807, 2.05) is 31.2 Å². The lowest BCUT2D eigenvalue weighted by molar-refractivity contribution is 0.0984. The second kappa shape index (κ2) is 7.17. The predicted molar refractivity (Wildman–Crippen MR) is 93.4 cm³/mol.